The standard InChI is InChI=1S/C22H23ClN6O2/c1-13(2)25-20(30)12-31-16-7-4-14(5-8-16)22-26-19(29(3)28-22)10-15-6-9-18-17(21(15)23)11-24-27-18/h4-9,11,13H,10,12H2,1-3H3,(H,24,27)(H,25,30). The van der Waals surface area contributed by atoms with Crippen LogP contribution >= 0.6 is 11.6 Å². The molecule has 1 amide bonds. The van der Waals surface area contributed by atoms with E-state index in [9.17, 15) is 4.79 Å². The first-order valence-corrected chi connectivity index (χ1v) is 10.3. The fraction of sp³-hybridized carbons (Fsp3) is 0.273. The zero-order chi connectivity index (χ0) is 22.0. The molecule has 2 aromatic carbocycles. The van der Waals surface area contributed by atoms with Crippen molar-refractivity contribution in [2.24, 2.45) is 7.05 Å². The first kappa shape index (κ1) is 20.9. The highest BCUT2D eigenvalue weighted by Crippen LogP contribution is 2.28. The van der Waals surface area contributed by atoms with Gasteiger partial charge in [0.05, 0.1) is 16.7 Å². The number of rotatable bonds is 7. The number of hydrogen-bond acceptors (Lipinski definition) is 5. The minimum atomic E-state index is -0.151. The molecule has 0 bridgehead atoms. The van der Waals surface area contributed by atoms with Crippen LogP contribution in [0.4, 0.5) is 0 Å². The molecule has 0 atom stereocenters. The topological polar surface area (TPSA) is 97.7 Å². The molecule has 2 aromatic heterocycles. The Hall–Kier alpha value is -3.39. The lowest BCUT2D eigenvalue weighted by Crippen LogP contribution is -2.34. The Morgan fingerprint density at radius 1 is 1.23 bits per heavy atom. The predicted octanol–water partition coefficient (Wildman–Crippen LogP) is 3.51. The van der Waals surface area contributed by atoms with Crippen molar-refractivity contribution in [2.45, 2.75) is 26.3 Å². The van der Waals surface area contributed by atoms with Crippen LogP contribution in [0.5, 0.6) is 5.75 Å². The quantitative estimate of drug-likeness (QED) is 0.460. The number of aryl methyl sites for hydroxylation is 1. The number of hydrogen-bond donors (Lipinski definition) is 2. The van der Waals surface area contributed by atoms with E-state index >= 15 is 0 Å². The molecule has 0 radical (unpaired) electrons. The lowest BCUT2D eigenvalue weighted by molar-refractivity contribution is -0.123. The second kappa shape index (κ2) is 8.77. The van der Waals surface area contributed by atoms with Gasteiger partial charge < -0.3 is 10.1 Å². The first-order chi connectivity index (χ1) is 14.9. The van der Waals surface area contributed by atoms with E-state index in [0.717, 1.165) is 27.9 Å². The van der Waals surface area contributed by atoms with E-state index in [2.05, 4.69) is 25.6 Å². The summed E-state index contributed by atoms with van der Waals surface area (Å²) < 4.78 is 7.28. The largest absolute Gasteiger partial charge is 0.484 e. The van der Waals surface area contributed by atoms with Crippen LogP contribution < -0.4 is 10.1 Å². The van der Waals surface area contributed by atoms with Gasteiger partial charge >= 0.3 is 0 Å². The molecule has 0 saturated heterocycles. The van der Waals surface area contributed by atoms with Gasteiger partial charge in [-0.15, -0.1) is 0 Å². The van der Waals surface area contributed by atoms with Crippen molar-refractivity contribution < 1.29 is 9.53 Å². The number of aromatic amines is 1. The molecule has 160 valence electrons. The summed E-state index contributed by atoms with van der Waals surface area (Å²) in [5, 5.41) is 15.8. The Morgan fingerprint density at radius 3 is 2.74 bits per heavy atom. The van der Waals surface area contributed by atoms with E-state index in [-0.39, 0.29) is 18.6 Å². The average molecular weight is 439 g/mol. The van der Waals surface area contributed by atoms with E-state index in [0.29, 0.717) is 23.0 Å². The minimum Gasteiger partial charge on any atom is -0.484 e. The number of nitrogens with zero attached hydrogens (tertiary/aromatic N) is 4. The number of carbonyl (C=O) groups is 1. The van der Waals surface area contributed by atoms with Gasteiger partial charge in [-0.2, -0.15) is 10.2 Å². The molecule has 2 N–H and O–H groups in total. The van der Waals surface area contributed by atoms with Crippen LogP contribution in [-0.4, -0.2) is 43.5 Å². The van der Waals surface area contributed by atoms with Gasteiger partial charge in [-0.05, 0) is 49.7 Å². The van der Waals surface area contributed by atoms with Crippen LogP contribution in [0.15, 0.2) is 42.6 Å². The Labute approximate surface area is 184 Å². The van der Waals surface area contributed by atoms with Gasteiger partial charge in [0, 0.05) is 30.5 Å². The minimum absolute atomic E-state index is 0.0225. The number of aromatic nitrogens is 5. The highest BCUT2D eigenvalue weighted by Gasteiger charge is 2.14. The van der Waals surface area contributed by atoms with Crippen LogP contribution in [0.1, 0.15) is 25.2 Å². The van der Waals surface area contributed by atoms with Gasteiger partial charge in [-0.3, -0.25) is 14.6 Å². The lowest BCUT2D eigenvalue weighted by atomic mass is 10.1. The van der Waals surface area contributed by atoms with Crippen LogP contribution in [0.2, 0.25) is 5.02 Å². The number of amides is 1. The summed E-state index contributed by atoms with van der Waals surface area (Å²) in [7, 11) is 1.86. The summed E-state index contributed by atoms with van der Waals surface area (Å²) in [5.74, 6) is 1.87. The van der Waals surface area contributed by atoms with Crippen molar-refractivity contribution in [1.29, 1.82) is 0 Å². The third kappa shape index (κ3) is 4.69. The molecule has 8 nitrogen and oxygen atoms in total. The second-order valence-electron chi connectivity index (χ2n) is 7.56. The fourth-order valence-electron chi connectivity index (χ4n) is 3.24. The van der Waals surface area contributed by atoms with Crippen molar-refractivity contribution in [3.63, 3.8) is 0 Å². The molecular weight excluding hydrogens is 416 g/mol. The summed E-state index contributed by atoms with van der Waals surface area (Å²) in [6.45, 7) is 3.79. The third-order valence-corrected chi connectivity index (χ3v) is 5.22. The Kier molecular flexibility index (Phi) is 5.90. The molecule has 0 saturated carbocycles. The van der Waals surface area contributed by atoms with Crippen molar-refractivity contribution >= 4 is 28.4 Å². The monoisotopic (exact) mass is 438 g/mol. The normalized spacial score (nSPS) is 11.3. The Bertz CT molecular complexity index is 1210. The van der Waals surface area contributed by atoms with Crippen LogP contribution in [0.25, 0.3) is 22.3 Å². The number of fused-ring (bicyclic) bond motifs is 1. The van der Waals surface area contributed by atoms with E-state index in [1.54, 1.807) is 23.0 Å². The number of ether oxygens (including phenoxy) is 1. The molecular formula is C22H23ClN6O2. The smallest absolute Gasteiger partial charge is 0.258 e. The molecule has 31 heavy (non-hydrogen) atoms. The molecule has 4 rings (SSSR count). The molecule has 9 heteroatoms. The van der Waals surface area contributed by atoms with Gasteiger partial charge in [0.1, 0.15) is 11.6 Å². The molecule has 0 unspecified atom stereocenters. The van der Waals surface area contributed by atoms with Crippen molar-refractivity contribution in [1.82, 2.24) is 30.3 Å². The Morgan fingerprint density at radius 2 is 2.00 bits per heavy atom. The average Bonchev–Trinajstić information content (AvgIpc) is 3.36. The number of carbonyl (C=O) groups excluding carboxylic acids is 1. The molecule has 2 heterocycles. The van der Waals surface area contributed by atoms with Gasteiger partial charge in [-0.1, -0.05) is 17.7 Å². The van der Waals surface area contributed by atoms with Gasteiger partial charge in [0.2, 0.25) is 0 Å². The predicted molar refractivity (Wildman–Crippen MR) is 119 cm³/mol. The fourth-order valence-corrected chi connectivity index (χ4v) is 3.52. The molecule has 0 spiro atoms. The van der Waals surface area contributed by atoms with Crippen LogP contribution in [-0.2, 0) is 18.3 Å². The molecule has 4 aromatic rings. The lowest BCUT2D eigenvalue weighted by Gasteiger charge is -2.09. The SMILES string of the molecule is CC(C)NC(=O)COc1ccc(-c2nc(Cc3ccc4[nH]ncc4c3Cl)n(C)n2)cc1. The summed E-state index contributed by atoms with van der Waals surface area (Å²) in [4.78, 5) is 16.4. The third-order valence-electron chi connectivity index (χ3n) is 4.77. The van der Waals surface area contributed by atoms with Crippen LogP contribution in [0, 0.1) is 0 Å². The van der Waals surface area contributed by atoms with E-state index in [4.69, 9.17) is 16.3 Å². The van der Waals surface area contributed by atoms with Crippen molar-refractivity contribution in [3.8, 4) is 17.1 Å². The van der Waals surface area contributed by atoms with E-state index in [1.165, 1.54) is 0 Å². The van der Waals surface area contributed by atoms with Gasteiger partial charge in [0.25, 0.3) is 5.91 Å². The maximum absolute atomic E-state index is 11.7. The molecule has 0 aliphatic heterocycles. The number of halogens is 1. The number of benzene rings is 2. The maximum atomic E-state index is 11.7. The van der Waals surface area contributed by atoms with Gasteiger partial charge in [0.15, 0.2) is 12.4 Å². The zero-order valence-electron chi connectivity index (χ0n) is 17.5. The summed E-state index contributed by atoms with van der Waals surface area (Å²) in [6, 6.07) is 11.4. The van der Waals surface area contributed by atoms with Crippen molar-refractivity contribution in [3.05, 3.63) is 59.0 Å². The summed E-state index contributed by atoms with van der Waals surface area (Å²) >= 11 is 6.55. The zero-order valence-corrected chi connectivity index (χ0v) is 18.3. The highest BCUT2D eigenvalue weighted by atomic mass is 35.5. The van der Waals surface area contributed by atoms with Crippen molar-refractivity contribution in [2.75, 3.05) is 6.61 Å². The van der Waals surface area contributed by atoms with Gasteiger partial charge in [-0.25, -0.2) is 4.98 Å². The molecule has 0 fully saturated rings. The van der Waals surface area contributed by atoms with E-state index in [1.807, 2.05) is 45.2 Å². The molecule has 0 aliphatic carbocycles. The number of H-pyrrole nitrogens is 1. The van der Waals surface area contributed by atoms with E-state index < -0.39 is 0 Å². The number of nitrogens with one attached hydrogen (secondary N) is 2. The first-order valence-electron chi connectivity index (χ1n) is 9.93. The second-order valence-corrected chi connectivity index (χ2v) is 7.94. The maximum Gasteiger partial charge on any atom is 0.258 e. The molecule has 0 aliphatic rings. The summed E-state index contributed by atoms with van der Waals surface area (Å²) in [6.07, 6.45) is 2.27. The highest BCUT2D eigenvalue weighted by molar-refractivity contribution is 6.36. The Balaban J connectivity index is 1.47. The van der Waals surface area contributed by atoms with Crippen LogP contribution in [0.3, 0.4) is 0 Å². The summed E-state index contributed by atoms with van der Waals surface area (Å²) in [5.41, 5.74) is 2.72.